The molecule has 0 aliphatic carbocycles. The third-order valence-electron chi connectivity index (χ3n) is 3.25. The number of likely N-dealkylation sites (tertiary alicyclic amines) is 1. The highest BCUT2D eigenvalue weighted by atomic mass is 32.1. The van der Waals surface area contributed by atoms with E-state index >= 15 is 0 Å². The fraction of sp³-hybridized carbons (Fsp3) is 0.385. The lowest BCUT2D eigenvalue weighted by Gasteiger charge is -2.17. The Morgan fingerprint density at radius 2 is 2.10 bits per heavy atom. The van der Waals surface area contributed by atoms with Crippen molar-refractivity contribution >= 4 is 23.5 Å². The summed E-state index contributed by atoms with van der Waals surface area (Å²) < 4.78 is 0. The second-order valence-electron chi connectivity index (χ2n) is 4.72. The zero-order valence-corrected chi connectivity index (χ0v) is 11.9. The van der Waals surface area contributed by atoms with Crippen LogP contribution in [0, 0.1) is 0 Å². The van der Waals surface area contributed by atoms with Crippen molar-refractivity contribution in [2.75, 3.05) is 13.1 Å². The van der Waals surface area contributed by atoms with E-state index in [1.807, 2.05) is 0 Å². The fourth-order valence-corrected chi connectivity index (χ4v) is 2.29. The number of aromatic hydroxyl groups is 2. The molecule has 1 fully saturated rings. The molecule has 7 heteroatoms. The number of phenolic OH excluding ortho intramolecular Hbond substituents is 2. The van der Waals surface area contributed by atoms with Crippen LogP contribution in [0.25, 0.3) is 0 Å². The molecule has 0 bridgehead atoms. The van der Waals surface area contributed by atoms with E-state index in [1.165, 1.54) is 6.21 Å². The Bertz CT molecular complexity index is 527. The first kappa shape index (κ1) is 14.5. The third-order valence-corrected chi connectivity index (χ3v) is 3.34. The monoisotopic (exact) mass is 294 g/mol. The van der Waals surface area contributed by atoms with Gasteiger partial charge in [0.1, 0.15) is 11.5 Å². The molecule has 0 radical (unpaired) electrons. The minimum Gasteiger partial charge on any atom is -0.507 e. The molecule has 1 aliphatic heterocycles. The van der Waals surface area contributed by atoms with Crippen LogP contribution in [0.4, 0.5) is 0 Å². The number of nitrogens with one attached hydrogen (secondary N) is 1. The van der Waals surface area contributed by atoms with Gasteiger partial charge in [0, 0.05) is 12.1 Å². The van der Waals surface area contributed by atoms with Crippen LogP contribution < -0.4 is 11.2 Å². The van der Waals surface area contributed by atoms with Crippen LogP contribution in [0.5, 0.6) is 11.5 Å². The maximum Gasteiger partial charge on any atom is 0.184 e. The SMILES string of the molecule is NC(=S)N/N=C/c1ccc(O)c(CN2CCCC2)c1O. The number of hydrogen-bond acceptors (Lipinski definition) is 5. The first-order chi connectivity index (χ1) is 9.58. The molecule has 5 N–H and O–H groups in total. The van der Waals surface area contributed by atoms with E-state index in [0.29, 0.717) is 17.7 Å². The molecular formula is C13H18N4O2S. The van der Waals surface area contributed by atoms with Gasteiger partial charge in [0.05, 0.1) is 11.8 Å². The summed E-state index contributed by atoms with van der Waals surface area (Å²) in [5, 5.41) is 24.0. The van der Waals surface area contributed by atoms with Gasteiger partial charge in [-0.25, -0.2) is 0 Å². The first-order valence-electron chi connectivity index (χ1n) is 6.42. The summed E-state index contributed by atoms with van der Waals surface area (Å²) in [6, 6.07) is 3.14. The molecule has 1 aliphatic rings. The number of hydrazone groups is 1. The number of hydrogen-bond donors (Lipinski definition) is 4. The van der Waals surface area contributed by atoms with E-state index in [4.69, 9.17) is 5.73 Å². The number of benzene rings is 1. The zero-order chi connectivity index (χ0) is 14.5. The van der Waals surface area contributed by atoms with Crippen molar-refractivity contribution in [3.05, 3.63) is 23.3 Å². The highest BCUT2D eigenvalue weighted by Gasteiger charge is 2.17. The molecule has 108 valence electrons. The summed E-state index contributed by atoms with van der Waals surface area (Å²) in [5.74, 6) is 0.124. The van der Waals surface area contributed by atoms with Crippen LogP contribution in [-0.2, 0) is 6.54 Å². The van der Waals surface area contributed by atoms with Gasteiger partial charge in [-0.3, -0.25) is 10.3 Å². The van der Waals surface area contributed by atoms with Crippen LogP contribution in [0.3, 0.4) is 0 Å². The number of nitrogens with zero attached hydrogens (tertiary/aromatic N) is 2. The predicted molar refractivity (Wildman–Crippen MR) is 81.8 cm³/mol. The Labute approximate surface area is 122 Å². The molecule has 20 heavy (non-hydrogen) atoms. The van der Waals surface area contributed by atoms with E-state index in [-0.39, 0.29) is 16.6 Å². The van der Waals surface area contributed by atoms with Crippen LogP contribution in [0.1, 0.15) is 24.0 Å². The molecule has 0 atom stereocenters. The normalized spacial score (nSPS) is 15.8. The number of nitrogens with two attached hydrogens (primary N) is 1. The van der Waals surface area contributed by atoms with Gasteiger partial charge < -0.3 is 15.9 Å². The molecule has 1 saturated heterocycles. The van der Waals surface area contributed by atoms with Gasteiger partial charge in [-0.1, -0.05) is 0 Å². The van der Waals surface area contributed by atoms with Gasteiger partial charge >= 0.3 is 0 Å². The van der Waals surface area contributed by atoms with Crippen molar-refractivity contribution < 1.29 is 10.2 Å². The maximum absolute atomic E-state index is 10.2. The van der Waals surface area contributed by atoms with E-state index < -0.39 is 0 Å². The van der Waals surface area contributed by atoms with Gasteiger partial charge in [0.25, 0.3) is 0 Å². The maximum atomic E-state index is 10.2. The average molecular weight is 294 g/mol. The number of thiocarbonyl (C=S) groups is 1. The minimum absolute atomic E-state index is 0.0328. The van der Waals surface area contributed by atoms with E-state index in [2.05, 4.69) is 27.6 Å². The fourth-order valence-electron chi connectivity index (χ4n) is 2.23. The van der Waals surface area contributed by atoms with Gasteiger partial charge in [0.15, 0.2) is 5.11 Å². The largest absolute Gasteiger partial charge is 0.507 e. The minimum atomic E-state index is 0.0328. The summed E-state index contributed by atoms with van der Waals surface area (Å²) in [5.41, 5.74) is 8.70. The Morgan fingerprint density at radius 3 is 2.75 bits per heavy atom. The van der Waals surface area contributed by atoms with Gasteiger partial charge in [-0.2, -0.15) is 5.10 Å². The lowest BCUT2D eigenvalue weighted by Crippen LogP contribution is -2.24. The molecule has 0 spiro atoms. The summed E-state index contributed by atoms with van der Waals surface area (Å²) in [6.45, 7) is 2.50. The highest BCUT2D eigenvalue weighted by molar-refractivity contribution is 7.80. The van der Waals surface area contributed by atoms with Crippen LogP contribution >= 0.6 is 12.2 Å². The van der Waals surface area contributed by atoms with E-state index in [9.17, 15) is 10.2 Å². The Kier molecular flexibility index (Phi) is 4.75. The number of phenols is 2. The topological polar surface area (TPSA) is 94.1 Å². The second-order valence-corrected chi connectivity index (χ2v) is 5.16. The summed E-state index contributed by atoms with van der Waals surface area (Å²) in [7, 11) is 0. The van der Waals surface area contributed by atoms with E-state index in [0.717, 1.165) is 25.9 Å². The quantitative estimate of drug-likeness (QED) is 0.374. The first-order valence-corrected chi connectivity index (χ1v) is 6.83. The van der Waals surface area contributed by atoms with Crippen molar-refractivity contribution in [3.63, 3.8) is 0 Å². The third kappa shape index (κ3) is 3.58. The van der Waals surface area contributed by atoms with Gasteiger partial charge in [-0.05, 0) is 50.3 Å². The van der Waals surface area contributed by atoms with Crippen LogP contribution in [0.2, 0.25) is 0 Å². The van der Waals surface area contributed by atoms with Gasteiger partial charge in [-0.15, -0.1) is 0 Å². The van der Waals surface area contributed by atoms with Crippen molar-refractivity contribution in [2.24, 2.45) is 10.8 Å². The molecule has 2 rings (SSSR count). The second kappa shape index (κ2) is 6.53. The molecule has 0 unspecified atom stereocenters. The summed E-state index contributed by atoms with van der Waals surface area (Å²) in [4.78, 5) is 2.20. The smallest absolute Gasteiger partial charge is 0.184 e. The van der Waals surface area contributed by atoms with Crippen molar-refractivity contribution in [1.29, 1.82) is 0 Å². The molecule has 1 heterocycles. The van der Waals surface area contributed by atoms with Gasteiger partial charge in [0.2, 0.25) is 0 Å². The summed E-state index contributed by atoms with van der Waals surface area (Å²) in [6.07, 6.45) is 3.72. The molecule has 0 aromatic heterocycles. The lowest BCUT2D eigenvalue weighted by atomic mass is 10.1. The number of rotatable bonds is 4. The van der Waals surface area contributed by atoms with Crippen molar-refractivity contribution in [1.82, 2.24) is 10.3 Å². The van der Waals surface area contributed by atoms with Crippen molar-refractivity contribution in [2.45, 2.75) is 19.4 Å². The van der Waals surface area contributed by atoms with E-state index in [1.54, 1.807) is 12.1 Å². The lowest BCUT2D eigenvalue weighted by molar-refractivity contribution is 0.315. The standard InChI is InChI=1S/C13H18N4O2S/c14-13(20)16-15-7-9-3-4-11(18)10(12(9)19)8-17-5-1-2-6-17/h3-4,7,18-19H,1-2,5-6,8H2,(H3,14,16,20)/b15-7+. The molecule has 1 aromatic rings. The van der Waals surface area contributed by atoms with Crippen LogP contribution in [-0.4, -0.2) is 39.5 Å². The predicted octanol–water partition coefficient (Wildman–Crippen LogP) is 0.861. The Balaban J connectivity index is 2.18. The average Bonchev–Trinajstić information content (AvgIpc) is 2.90. The zero-order valence-electron chi connectivity index (χ0n) is 11.0. The summed E-state index contributed by atoms with van der Waals surface area (Å²) >= 11 is 4.63. The van der Waals surface area contributed by atoms with Crippen LogP contribution in [0.15, 0.2) is 17.2 Å². The molecule has 0 saturated carbocycles. The molecule has 0 amide bonds. The highest BCUT2D eigenvalue weighted by Crippen LogP contribution is 2.31. The van der Waals surface area contributed by atoms with Crippen molar-refractivity contribution in [3.8, 4) is 11.5 Å². The Morgan fingerprint density at radius 1 is 1.40 bits per heavy atom. The molecular weight excluding hydrogens is 276 g/mol. The Hall–Kier alpha value is -1.86. The molecule has 1 aromatic carbocycles. The molecule has 6 nitrogen and oxygen atoms in total.